The predicted octanol–water partition coefficient (Wildman–Crippen LogP) is 1.38. The van der Waals surface area contributed by atoms with Gasteiger partial charge in [0.2, 0.25) is 0 Å². The number of rotatable bonds is 8. The zero-order chi connectivity index (χ0) is 15.8. The Morgan fingerprint density at radius 2 is 1.95 bits per heavy atom. The molecule has 0 aliphatic carbocycles. The normalized spacial score (nSPS) is 10.4. The summed E-state index contributed by atoms with van der Waals surface area (Å²) in [6.45, 7) is 1.29. The molecule has 8 nitrogen and oxygen atoms in total. The van der Waals surface area contributed by atoms with Gasteiger partial charge in [-0.05, 0) is 0 Å². The van der Waals surface area contributed by atoms with Crippen LogP contribution in [0.5, 0.6) is 0 Å². The van der Waals surface area contributed by atoms with Crippen LogP contribution >= 0.6 is 11.6 Å². The molecule has 1 rings (SSSR count). The predicted molar refractivity (Wildman–Crippen MR) is 75.6 cm³/mol. The number of ether oxygens (including phenoxy) is 2. The third-order valence-electron chi connectivity index (χ3n) is 2.68. The molecule has 0 saturated carbocycles. The molecule has 1 aromatic heterocycles. The van der Waals surface area contributed by atoms with Gasteiger partial charge in [-0.25, -0.2) is 4.98 Å². The number of hydrogen-bond acceptors (Lipinski definition) is 6. The van der Waals surface area contributed by atoms with E-state index in [1.807, 2.05) is 0 Å². The third kappa shape index (κ3) is 4.92. The maximum absolute atomic E-state index is 12.4. The highest BCUT2D eigenvalue weighted by atomic mass is 35.5. The molecule has 21 heavy (non-hydrogen) atoms. The van der Waals surface area contributed by atoms with Gasteiger partial charge in [0.15, 0.2) is 0 Å². The van der Waals surface area contributed by atoms with Gasteiger partial charge in [0.25, 0.3) is 11.6 Å². The largest absolute Gasteiger partial charge is 0.383 e. The number of pyridine rings is 1. The van der Waals surface area contributed by atoms with Crippen LogP contribution in [0.1, 0.15) is 10.4 Å². The van der Waals surface area contributed by atoms with Crippen LogP contribution in [0.2, 0.25) is 5.15 Å². The smallest absolute Gasteiger partial charge is 0.288 e. The molecule has 0 spiro atoms. The SMILES string of the molecule is COCCN(CCOC)C(=O)c1cc([N+](=O)[O-])cnc1Cl. The quantitative estimate of drug-likeness (QED) is 0.408. The van der Waals surface area contributed by atoms with Gasteiger partial charge in [0, 0.05) is 33.4 Å². The standard InChI is InChI=1S/C12H16ClN3O5/c1-20-5-3-15(4-6-21-2)12(17)10-7-9(16(18)19)8-14-11(10)13/h7-8H,3-6H2,1-2H3. The van der Waals surface area contributed by atoms with Crippen molar-refractivity contribution in [2.75, 3.05) is 40.5 Å². The molecule has 116 valence electrons. The summed E-state index contributed by atoms with van der Waals surface area (Å²) in [7, 11) is 3.03. The van der Waals surface area contributed by atoms with E-state index in [0.29, 0.717) is 26.3 Å². The summed E-state index contributed by atoms with van der Waals surface area (Å²) in [5.74, 6) is -0.453. The Morgan fingerprint density at radius 3 is 2.43 bits per heavy atom. The number of carbonyl (C=O) groups is 1. The molecule has 9 heteroatoms. The molecule has 0 unspecified atom stereocenters. The van der Waals surface area contributed by atoms with Crippen molar-refractivity contribution < 1.29 is 19.2 Å². The Labute approximate surface area is 126 Å². The van der Waals surface area contributed by atoms with Crippen molar-refractivity contribution in [2.45, 2.75) is 0 Å². The summed E-state index contributed by atoms with van der Waals surface area (Å²) in [5.41, 5.74) is -0.306. The van der Waals surface area contributed by atoms with Crippen LogP contribution in [0.4, 0.5) is 5.69 Å². The maximum atomic E-state index is 12.4. The molecule has 0 fully saturated rings. The Morgan fingerprint density at radius 1 is 1.38 bits per heavy atom. The first kappa shape index (κ1) is 17.3. The van der Waals surface area contributed by atoms with Crippen LogP contribution in [0, 0.1) is 10.1 Å². The average molecular weight is 318 g/mol. The lowest BCUT2D eigenvalue weighted by Crippen LogP contribution is -2.36. The topological polar surface area (TPSA) is 94.8 Å². The number of methoxy groups -OCH3 is 2. The second-order valence-electron chi connectivity index (χ2n) is 4.07. The number of nitro groups is 1. The van der Waals surface area contributed by atoms with Crippen molar-refractivity contribution in [1.82, 2.24) is 9.88 Å². The first-order valence-corrected chi connectivity index (χ1v) is 6.46. The van der Waals surface area contributed by atoms with Crippen molar-refractivity contribution in [3.63, 3.8) is 0 Å². The van der Waals surface area contributed by atoms with E-state index in [9.17, 15) is 14.9 Å². The fraction of sp³-hybridized carbons (Fsp3) is 0.500. The first-order valence-electron chi connectivity index (χ1n) is 6.08. The van der Waals surface area contributed by atoms with Gasteiger partial charge in [0.1, 0.15) is 11.3 Å². The number of nitrogens with zero attached hydrogens (tertiary/aromatic N) is 3. The van der Waals surface area contributed by atoms with Crippen LogP contribution < -0.4 is 0 Å². The number of amides is 1. The van der Waals surface area contributed by atoms with E-state index >= 15 is 0 Å². The van der Waals surface area contributed by atoms with Crippen LogP contribution in [-0.2, 0) is 9.47 Å². The highest BCUT2D eigenvalue weighted by molar-refractivity contribution is 6.32. The second-order valence-corrected chi connectivity index (χ2v) is 4.42. The van der Waals surface area contributed by atoms with Crippen LogP contribution in [0.25, 0.3) is 0 Å². The molecule has 0 bridgehead atoms. The van der Waals surface area contributed by atoms with E-state index in [2.05, 4.69) is 4.98 Å². The number of carbonyl (C=O) groups excluding carboxylic acids is 1. The Balaban J connectivity index is 3.00. The molecule has 0 saturated heterocycles. The Kier molecular flexibility index (Phi) is 7.00. The van der Waals surface area contributed by atoms with Crippen molar-refractivity contribution >= 4 is 23.2 Å². The van der Waals surface area contributed by atoms with Crippen LogP contribution in [0.15, 0.2) is 12.3 Å². The lowest BCUT2D eigenvalue weighted by atomic mass is 10.2. The summed E-state index contributed by atoms with van der Waals surface area (Å²) in [4.78, 5) is 27.7. The fourth-order valence-electron chi connectivity index (χ4n) is 1.58. The van der Waals surface area contributed by atoms with Crippen LogP contribution in [0.3, 0.4) is 0 Å². The number of hydrogen-bond donors (Lipinski definition) is 0. The van der Waals surface area contributed by atoms with Gasteiger partial charge in [0.05, 0.1) is 23.7 Å². The Bertz CT molecular complexity index is 504. The zero-order valence-corrected chi connectivity index (χ0v) is 12.5. The van der Waals surface area contributed by atoms with Gasteiger partial charge in [-0.1, -0.05) is 11.6 Å². The van der Waals surface area contributed by atoms with Crippen molar-refractivity contribution in [2.24, 2.45) is 0 Å². The molecule has 0 atom stereocenters. The summed E-state index contributed by atoms with van der Waals surface area (Å²) < 4.78 is 9.88. The molecule has 0 radical (unpaired) electrons. The van der Waals surface area contributed by atoms with Gasteiger partial charge in [-0.2, -0.15) is 0 Å². The van der Waals surface area contributed by atoms with E-state index in [1.165, 1.54) is 19.1 Å². The molecule has 0 aliphatic rings. The molecule has 1 aromatic rings. The molecular weight excluding hydrogens is 302 g/mol. The molecule has 0 aliphatic heterocycles. The minimum Gasteiger partial charge on any atom is -0.383 e. The Hall–Kier alpha value is -1.77. The van der Waals surface area contributed by atoms with E-state index in [1.54, 1.807) is 0 Å². The maximum Gasteiger partial charge on any atom is 0.288 e. The van der Waals surface area contributed by atoms with Crippen molar-refractivity contribution in [3.05, 3.63) is 33.1 Å². The first-order chi connectivity index (χ1) is 10.0. The lowest BCUT2D eigenvalue weighted by molar-refractivity contribution is -0.385. The minimum absolute atomic E-state index is 0.0157. The zero-order valence-electron chi connectivity index (χ0n) is 11.7. The molecule has 0 aromatic carbocycles. The minimum atomic E-state index is -0.630. The lowest BCUT2D eigenvalue weighted by Gasteiger charge is -2.22. The summed E-state index contributed by atoms with van der Waals surface area (Å²) in [6.07, 6.45) is 1.01. The third-order valence-corrected chi connectivity index (χ3v) is 2.98. The molecule has 1 amide bonds. The average Bonchev–Trinajstić information content (AvgIpc) is 2.47. The number of halogens is 1. The molecular formula is C12H16ClN3O5. The van der Waals surface area contributed by atoms with Gasteiger partial charge >= 0.3 is 0 Å². The van der Waals surface area contributed by atoms with Crippen molar-refractivity contribution in [3.8, 4) is 0 Å². The highest BCUT2D eigenvalue weighted by Crippen LogP contribution is 2.20. The van der Waals surface area contributed by atoms with E-state index < -0.39 is 10.8 Å². The molecule has 1 heterocycles. The number of aromatic nitrogens is 1. The second kappa shape index (κ2) is 8.50. The summed E-state index contributed by atoms with van der Waals surface area (Å²) >= 11 is 5.86. The summed E-state index contributed by atoms with van der Waals surface area (Å²) in [5, 5.41) is 10.7. The van der Waals surface area contributed by atoms with Gasteiger partial charge < -0.3 is 14.4 Å². The van der Waals surface area contributed by atoms with Gasteiger partial charge in [-0.3, -0.25) is 14.9 Å². The highest BCUT2D eigenvalue weighted by Gasteiger charge is 2.22. The van der Waals surface area contributed by atoms with E-state index in [-0.39, 0.29) is 16.4 Å². The van der Waals surface area contributed by atoms with Crippen molar-refractivity contribution in [1.29, 1.82) is 0 Å². The monoisotopic (exact) mass is 317 g/mol. The summed E-state index contributed by atoms with van der Waals surface area (Å²) in [6, 6.07) is 1.12. The van der Waals surface area contributed by atoms with Gasteiger partial charge in [-0.15, -0.1) is 0 Å². The van der Waals surface area contributed by atoms with Crippen LogP contribution in [-0.4, -0.2) is 61.2 Å². The fourth-order valence-corrected chi connectivity index (χ4v) is 1.76. The van der Waals surface area contributed by atoms with E-state index in [4.69, 9.17) is 21.1 Å². The molecule has 0 N–H and O–H groups in total. The van der Waals surface area contributed by atoms with E-state index in [0.717, 1.165) is 12.3 Å².